The third-order valence-electron chi connectivity index (χ3n) is 3.55. The minimum Gasteiger partial charge on any atom is -0.334 e. The average Bonchev–Trinajstić information content (AvgIpc) is 3.35. The van der Waals surface area contributed by atoms with Crippen LogP contribution in [-0.2, 0) is 11.3 Å². The topological polar surface area (TPSA) is 76.3 Å². The summed E-state index contributed by atoms with van der Waals surface area (Å²) in [6.45, 7) is -0.0382. The molecule has 1 aromatic carbocycles. The van der Waals surface area contributed by atoms with Crippen molar-refractivity contribution in [3.63, 3.8) is 0 Å². The Morgan fingerprint density at radius 3 is 2.73 bits per heavy atom. The number of halogens is 1. The monoisotopic (exact) mass is 403 g/mol. The van der Waals surface area contributed by atoms with E-state index in [1.807, 2.05) is 17.5 Å². The number of imide groups is 1. The first kappa shape index (κ1) is 17.0. The fourth-order valence-electron chi connectivity index (χ4n) is 2.31. The predicted molar refractivity (Wildman–Crippen MR) is 101 cm³/mol. The first-order valence-electron chi connectivity index (χ1n) is 7.47. The van der Waals surface area contributed by atoms with Crippen LogP contribution < -0.4 is 0 Å². The van der Waals surface area contributed by atoms with Crippen LogP contribution >= 0.6 is 34.7 Å². The molecule has 0 unspecified atom stereocenters. The van der Waals surface area contributed by atoms with Gasteiger partial charge in [0.1, 0.15) is 0 Å². The summed E-state index contributed by atoms with van der Waals surface area (Å²) in [5, 5.41) is 6.02. The summed E-state index contributed by atoms with van der Waals surface area (Å²) in [7, 11) is 0. The van der Waals surface area contributed by atoms with Gasteiger partial charge in [-0.25, -0.2) is 0 Å². The molecule has 6 nitrogen and oxygen atoms in total. The Balaban J connectivity index is 1.51. The zero-order chi connectivity index (χ0) is 18.1. The summed E-state index contributed by atoms with van der Waals surface area (Å²) in [4.78, 5) is 31.3. The van der Waals surface area contributed by atoms with E-state index in [0.717, 1.165) is 21.5 Å². The second-order valence-corrected chi connectivity index (χ2v) is 7.71. The molecule has 3 heterocycles. The highest BCUT2D eigenvalue weighted by molar-refractivity contribution is 8.18. The van der Waals surface area contributed by atoms with Crippen molar-refractivity contribution >= 4 is 51.9 Å². The van der Waals surface area contributed by atoms with Crippen LogP contribution in [0.4, 0.5) is 4.79 Å². The molecule has 3 aromatic rings. The number of carbonyl (C=O) groups is 2. The van der Waals surface area contributed by atoms with Gasteiger partial charge < -0.3 is 4.52 Å². The SMILES string of the molecule is O=C1S/C(=C/c2cccs2)C(=O)N1Cc1noc(-c2ccc(Cl)cc2)n1. The van der Waals surface area contributed by atoms with Crippen molar-refractivity contribution in [2.45, 2.75) is 6.54 Å². The van der Waals surface area contributed by atoms with Crippen molar-refractivity contribution in [1.82, 2.24) is 15.0 Å². The highest BCUT2D eigenvalue weighted by atomic mass is 35.5. The summed E-state index contributed by atoms with van der Waals surface area (Å²) >= 11 is 8.27. The molecule has 2 amide bonds. The van der Waals surface area contributed by atoms with Crippen LogP contribution in [0.15, 0.2) is 51.2 Å². The van der Waals surface area contributed by atoms with Gasteiger partial charge in [-0.3, -0.25) is 14.5 Å². The van der Waals surface area contributed by atoms with Crippen molar-refractivity contribution in [2.24, 2.45) is 0 Å². The van der Waals surface area contributed by atoms with E-state index in [1.165, 1.54) is 11.3 Å². The van der Waals surface area contributed by atoms with Gasteiger partial charge in [0.05, 0.1) is 11.4 Å². The Morgan fingerprint density at radius 1 is 1.19 bits per heavy atom. The fraction of sp³-hybridized carbons (Fsp3) is 0.0588. The number of benzene rings is 1. The molecule has 130 valence electrons. The highest BCUT2D eigenvalue weighted by Crippen LogP contribution is 2.33. The van der Waals surface area contributed by atoms with Crippen LogP contribution in [0.25, 0.3) is 17.5 Å². The van der Waals surface area contributed by atoms with Crippen LogP contribution in [0.3, 0.4) is 0 Å². The van der Waals surface area contributed by atoms with Crippen molar-refractivity contribution in [1.29, 1.82) is 0 Å². The molecule has 0 saturated carbocycles. The van der Waals surface area contributed by atoms with Gasteiger partial charge >= 0.3 is 0 Å². The average molecular weight is 404 g/mol. The summed E-state index contributed by atoms with van der Waals surface area (Å²) < 4.78 is 5.21. The Kier molecular flexibility index (Phi) is 4.62. The molecule has 9 heteroatoms. The number of nitrogens with zero attached hydrogens (tertiary/aromatic N) is 3. The molecule has 4 rings (SSSR count). The van der Waals surface area contributed by atoms with Gasteiger partial charge in [0.25, 0.3) is 17.0 Å². The predicted octanol–water partition coefficient (Wildman–Crippen LogP) is 4.69. The number of aromatic nitrogens is 2. The highest BCUT2D eigenvalue weighted by Gasteiger charge is 2.36. The molecule has 26 heavy (non-hydrogen) atoms. The van der Waals surface area contributed by atoms with Crippen molar-refractivity contribution in [2.75, 3.05) is 0 Å². The van der Waals surface area contributed by atoms with E-state index in [-0.39, 0.29) is 23.5 Å². The summed E-state index contributed by atoms with van der Waals surface area (Å²) in [6, 6.07) is 10.7. The zero-order valence-corrected chi connectivity index (χ0v) is 15.5. The van der Waals surface area contributed by atoms with Crippen LogP contribution in [0.2, 0.25) is 5.02 Å². The van der Waals surface area contributed by atoms with Gasteiger partial charge in [-0.1, -0.05) is 22.8 Å². The number of hydrogen-bond donors (Lipinski definition) is 0. The maximum atomic E-state index is 12.5. The van der Waals surface area contributed by atoms with E-state index in [2.05, 4.69) is 10.1 Å². The van der Waals surface area contributed by atoms with E-state index in [0.29, 0.717) is 21.4 Å². The molecule has 1 fully saturated rings. The molecule has 2 aromatic heterocycles. The standard InChI is InChI=1S/C17H10ClN3O3S2/c18-11-5-3-10(4-6-11)15-19-14(20-24-15)9-21-16(22)13(26-17(21)23)8-12-2-1-7-25-12/h1-8H,9H2/b13-8+. The van der Waals surface area contributed by atoms with Gasteiger partial charge in [-0.05, 0) is 53.5 Å². The number of hydrogen-bond acceptors (Lipinski definition) is 7. The second kappa shape index (κ2) is 7.06. The van der Waals surface area contributed by atoms with Crippen molar-refractivity contribution in [3.05, 3.63) is 62.4 Å². The van der Waals surface area contributed by atoms with Crippen LogP contribution in [-0.4, -0.2) is 26.2 Å². The van der Waals surface area contributed by atoms with Gasteiger partial charge in [0.15, 0.2) is 5.82 Å². The Morgan fingerprint density at radius 2 is 2.00 bits per heavy atom. The fourth-order valence-corrected chi connectivity index (χ4v) is 4.00. The van der Waals surface area contributed by atoms with Gasteiger partial charge in [0, 0.05) is 15.5 Å². The molecular formula is C17H10ClN3O3S2. The molecule has 0 N–H and O–H groups in total. The van der Waals surface area contributed by atoms with Crippen molar-refractivity contribution < 1.29 is 14.1 Å². The maximum absolute atomic E-state index is 12.5. The maximum Gasteiger partial charge on any atom is 0.293 e. The number of thiophene rings is 1. The number of thioether (sulfide) groups is 1. The zero-order valence-electron chi connectivity index (χ0n) is 13.1. The molecule has 0 bridgehead atoms. The van der Waals surface area contributed by atoms with E-state index in [4.69, 9.17) is 16.1 Å². The summed E-state index contributed by atoms with van der Waals surface area (Å²) in [6.07, 6.45) is 1.71. The van der Waals surface area contributed by atoms with E-state index >= 15 is 0 Å². The van der Waals surface area contributed by atoms with Crippen molar-refractivity contribution in [3.8, 4) is 11.5 Å². The van der Waals surface area contributed by atoms with Gasteiger partial charge in [0.2, 0.25) is 0 Å². The summed E-state index contributed by atoms with van der Waals surface area (Å²) in [5.41, 5.74) is 0.708. The van der Waals surface area contributed by atoms with E-state index < -0.39 is 0 Å². The Hall–Kier alpha value is -2.42. The van der Waals surface area contributed by atoms with E-state index in [1.54, 1.807) is 30.3 Å². The lowest BCUT2D eigenvalue weighted by atomic mass is 10.2. The lowest BCUT2D eigenvalue weighted by Crippen LogP contribution is -2.28. The lowest BCUT2D eigenvalue weighted by molar-refractivity contribution is -0.123. The molecule has 1 aliphatic rings. The number of amides is 2. The molecular weight excluding hydrogens is 394 g/mol. The molecule has 1 aliphatic heterocycles. The van der Waals surface area contributed by atoms with Crippen LogP contribution in [0, 0.1) is 0 Å². The largest absolute Gasteiger partial charge is 0.334 e. The molecule has 1 saturated heterocycles. The van der Waals surface area contributed by atoms with Crippen LogP contribution in [0.5, 0.6) is 0 Å². The first-order chi connectivity index (χ1) is 12.6. The third kappa shape index (κ3) is 3.44. The minimum atomic E-state index is -0.355. The van der Waals surface area contributed by atoms with Crippen LogP contribution in [0.1, 0.15) is 10.7 Å². The lowest BCUT2D eigenvalue weighted by Gasteiger charge is -2.08. The minimum absolute atomic E-state index is 0.0382. The molecule has 0 radical (unpaired) electrons. The smallest absolute Gasteiger partial charge is 0.293 e. The third-order valence-corrected chi connectivity index (χ3v) is 5.53. The molecule has 0 atom stereocenters. The molecule has 0 aliphatic carbocycles. The first-order valence-corrected chi connectivity index (χ1v) is 9.55. The van der Waals surface area contributed by atoms with E-state index in [9.17, 15) is 9.59 Å². The van der Waals surface area contributed by atoms with Gasteiger partial charge in [-0.2, -0.15) is 4.98 Å². The Labute approximate surface area is 161 Å². The normalized spacial score (nSPS) is 16.0. The Bertz CT molecular complexity index is 997. The number of rotatable bonds is 4. The summed E-state index contributed by atoms with van der Waals surface area (Å²) in [5.74, 6) is 0.207. The second-order valence-electron chi connectivity index (χ2n) is 5.31. The number of carbonyl (C=O) groups excluding carboxylic acids is 2. The molecule has 0 spiro atoms. The quantitative estimate of drug-likeness (QED) is 0.588. The van der Waals surface area contributed by atoms with Gasteiger partial charge in [-0.15, -0.1) is 11.3 Å².